The Morgan fingerprint density at radius 1 is 1.00 bits per heavy atom. The van der Waals surface area contributed by atoms with E-state index in [-0.39, 0.29) is 11.5 Å². The highest BCUT2D eigenvalue weighted by molar-refractivity contribution is 5.96. The number of benzene rings is 3. The van der Waals surface area contributed by atoms with E-state index in [1.54, 1.807) is 10.6 Å². The summed E-state index contributed by atoms with van der Waals surface area (Å²) in [6.45, 7) is 9.06. The predicted molar refractivity (Wildman–Crippen MR) is 144 cm³/mol. The van der Waals surface area contributed by atoms with Crippen molar-refractivity contribution in [3.63, 3.8) is 0 Å². The molecule has 6 heteroatoms. The molecular weight excluding hydrogens is 450 g/mol. The summed E-state index contributed by atoms with van der Waals surface area (Å²) in [6.07, 6.45) is 1.80. The van der Waals surface area contributed by atoms with E-state index < -0.39 is 6.04 Å². The first kappa shape index (κ1) is 25.2. The maximum atomic E-state index is 13.8. The van der Waals surface area contributed by atoms with Crippen LogP contribution < -0.4 is 10.3 Å². The minimum absolute atomic E-state index is 0.0605. The normalized spacial score (nSPS) is 11.9. The van der Waals surface area contributed by atoms with Crippen molar-refractivity contribution in [3.05, 3.63) is 100 Å². The number of carbonyl (C=O) groups excluding carboxylic acids is 1. The Labute approximate surface area is 212 Å². The van der Waals surface area contributed by atoms with Gasteiger partial charge in [0.15, 0.2) is 0 Å². The fraction of sp³-hybridized carbons (Fsp3) is 0.300. The van der Waals surface area contributed by atoms with Crippen LogP contribution in [0.1, 0.15) is 61.4 Å². The van der Waals surface area contributed by atoms with Crippen LogP contribution in [-0.2, 0) is 0 Å². The van der Waals surface area contributed by atoms with Crippen molar-refractivity contribution in [3.8, 4) is 11.4 Å². The molecule has 1 heterocycles. The van der Waals surface area contributed by atoms with Crippen LogP contribution in [0.25, 0.3) is 16.6 Å². The molecule has 0 saturated carbocycles. The number of hydrogen-bond donors (Lipinski definition) is 0. The van der Waals surface area contributed by atoms with Crippen molar-refractivity contribution in [2.24, 2.45) is 0 Å². The Bertz CT molecular complexity index is 1410. The van der Waals surface area contributed by atoms with Gasteiger partial charge in [0, 0.05) is 12.1 Å². The molecule has 4 rings (SSSR count). The van der Waals surface area contributed by atoms with Gasteiger partial charge in [-0.05, 0) is 75.2 Å². The second-order valence-corrected chi connectivity index (χ2v) is 8.90. The number of aryl methyl sites for hydroxylation is 1. The number of para-hydroxylation sites is 1. The summed E-state index contributed by atoms with van der Waals surface area (Å²) >= 11 is 0. The number of rotatable bonds is 9. The molecule has 1 unspecified atom stereocenters. The summed E-state index contributed by atoms with van der Waals surface area (Å²) in [5.74, 6) is 1.20. The van der Waals surface area contributed by atoms with Gasteiger partial charge >= 0.3 is 0 Å². The average Bonchev–Trinajstić information content (AvgIpc) is 2.89. The highest BCUT2D eigenvalue weighted by Crippen LogP contribution is 2.26. The molecule has 0 fully saturated rings. The van der Waals surface area contributed by atoms with Crippen LogP contribution in [0.5, 0.6) is 5.75 Å². The minimum atomic E-state index is -0.437. The number of hydrogen-bond acceptors (Lipinski definition) is 4. The van der Waals surface area contributed by atoms with Crippen LogP contribution in [0.3, 0.4) is 0 Å². The first-order valence-corrected chi connectivity index (χ1v) is 12.6. The zero-order chi connectivity index (χ0) is 25.7. The molecule has 0 spiro atoms. The third kappa shape index (κ3) is 5.03. The first-order chi connectivity index (χ1) is 17.5. The zero-order valence-corrected chi connectivity index (χ0v) is 21.4. The van der Waals surface area contributed by atoms with Crippen molar-refractivity contribution >= 4 is 16.8 Å². The first-order valence-electron chi connectivity index (χ1n) is 12.6. The molecule has 0 radical (unpaired) electrons. The molecule has 0 saturated heterocycles. The van der Waals surface area contributed by atoms with E-state index in [2.05, 4.69) is 6.92 Å². The van der Waals surface area contributed by atoms with Gasteiger partial charge in [0.1, 0.15) is 11.6 Å². The fourth-order valence-electron chi connectivity index (χ4n) is 4.44. The lowest BCUT2D eigenvalue weighted by Gasteiger charge is -2.31. The Morgan fingerprint density at radius 3 is 2.39 bits per heavy atom. The smallest absolute Gasteiger partial charge is 0.266 e. The Hall–Kier alpha value is -3.93. The number of nitrogens with zero attached hydrogens (tertiary/aromatic N) is 3. The predicted octanol–water partition coefficient (Wildman–Crippen LogP) is 6.10. The van der Waals surface area contributed by atoms with Crippen LogP contribution in [0.15, 0.2) is 77.6 Å². The summed E-state index contributed by atoms with van der Waals surface area (Å²) in [6, 6.07) is 21.9. The molecule has 186 valence electrons. The van der Waals surface area contributed by atoms with Crippen molar-refractivity contribution in [1.29, 1.82) is 0 Å². The van der Waals surface area contributed by atoms with Crippen LogP contribution >= 0.6 is 0 Å². The molecule has 36 heavy (non-hydrogen) atoms. The Kier molecular flexibility index (Phi) is 7.84. The molecule has 0 N–H and O–H groups in total. The van der Waals surface area contributed by atoms with Crippen molar-refractivity contribution in [2.45, 2.75) is 46.6 Å². The van der Waals surface area contributed by atoms with Gasteiger partial charge in [-0.15, -0.1) is 0 Å². The van der Waals surface area contributed by atoms with E-state index >= 15 is 0 Å². The van der Waals surface area contributed by atoms with Crippen LogP contribution in [-0.4, -0.2) is 33.5 Å². The highest BCUT2D eigenvalue weighted by atomic mass is 16.5. The number of fused-ring (bicyclic) bond motifs is 1. The monoisotopic (exact) mass is 483 g/mol. The lowest BCUT2D eigenvalue weighted by molar-refractivity contribution is 0.0677. The number of unbranched alkanes of at least 4 members (excludes halogenated alkanes) is 1. The second kappa shape index (κ2) is 11.2. The van der Waals surface area contributed by atoms with Crippen LogP contribution in [0.4, 0.5) is 0 Å². The highest BCUT2D eigenvalue weighted by Gasteiger charge is 2.28. The molecule has 0 bridgehead atoms. The standard InChI is InChI=1S/C30H33N3O3/c1-5-7-20-32(29(34)25-13-9-8-12-21(25)3)22(4)28-31-27-15-11-10-14-26(27)30(35)33(28)23-16-18-24(19-17-23)36-6-2/h8-19,22H,5-7,20H2,1-4H3. The van der Waals surface area contributed by atoms with Gasteiger partial charge in [-0.2, -0.15) is 0 Å². The maximum absolute atomic E-state index is 13.8. The van der Waals surface area contributed by atoms with Crippen LogP contribution in [0, 0.1) is 6.92 Å². The molecule has 0 aliphatic heterocycles. The molecule has 0 aliphatic rings. The molecule has 6 nitrogen and oxygen atoms in total. The quantitative estimate of drug-likeness (QED) is 0.289. The van der Waals surface area contributed by atoms with Crippen molar-refractivity contribution in [1.82, 2.24) is 14.5 Å². The summed E-state index contributed by atoms with van der Waals surface area (Å²) in [5.41, 5.74) is 2.72. The third-order valence-electron chi connectivity index (χ3n) is 6.44. The fourth-order valence-corrected chi connectivity index (χ4v) is 4.44. The molecule has 4 aromatic rings. The third-order valence-corrected chi connectivity index (χ3v) is 6.44. The molecule has 1 amide bonds. The van der Waals surface area contributed by atoms with Crippen LogP contribution in [0.2, 0.25) is 0 Å². The van der Waals surface area contributed by atoms with Crippen molar-refractivity contribution < 1.29 is 9.53 Å². The van der Waals surface area contributed by atoms with Gasteiger partial charge < -0.3 is 9.64 Å². The zero-order valence-electron chi connectivity index (χ0n) is 21.4. The number of aromatic nitrogens is 2. The van der Waals surface area contributed by atoms with Gasteiger partial charge in [-0.25, -0.2) is 4.98 Å². The molecule has 1 aromatic heterocycles. The largest absolute Gasteiger partial charge is 0.494 e. The average molecular weight is 484 g/mol. The Balaban J connectivity index is 1.88. The number of amides is 1. The molecular formula is C30H33N3O3. The SMILES string of the molecule is CCCCN(C(=O)c1ccccc1C)C(C)c1nc2ccccc2c(=O)n1-c1ccc(OCC)cc1. The minimum Gasteiger partial charge on any atom is -0.494 e. The molecule has 0 aliphatic carbocycles. The summed E-state index contributed by atoms with van der Waals surface area (Å²) < 4.78 is 7.22. The van der Waals surface area contributed by atoms with E-state index in [0.717, 1.165) is 24.2 Å². The van der Waals surface area contributed by atoms with E-state index in [4.69, 9.17) is 9.72 Å². The summed E-state index contributed by atoms with van der Waals surface area (Å²) in [4.78, 5) is 34.4. The topological polar surface area (TPSA) is 64.4 Å². The van der Waals surface area contributed by atoms with E-state index in [1.807, 2.05) is 92.4 Å². The number of ether oxygens (including phenoxy) is 1. The van der Waals surface area contributed by atoms with Crippen molar-refractivity contribution in [2.75, 3.05) is 13.2 Å². The van der Waals surface area contributed by atoms with Gasteiger partial charge in [0.05, 0.1) is 29.2 Å². The van der Waals surface area contributed by atoms with Gasteiger partial charge in [0.25, 0.3) is 11.5 Å². The lowest BCUT2D eigenvalue weighted by Crippen LogP contribution is -2.38. The van der Waals surface area contributed by atoms with Gasteiger partial charge in [0.2, 0.25) is 0 Å². The molecule has 1 atom stereocenters. The van der Waals surface area contributed by atoms with E-state index in [9.17, 15) is 9.59 Å². The lowest BCUT2D eigenvalue weighted by atomic mass is 10.1. The Morgan fingerprint density at radius 2 is 1.69 bits per heavy atom. The number of carbonyl (C=O) groups is 1. The van der Waals surface area contributed by atoms with E-state index in [0.29, 0.717) is 41.1 Å². The maximum Gasteiger partial charge on any atom is 0.266 e. The second-order valence-electron chi connectivity index (χ2n) is 8.90. The van der Waals surface area contributed by atoms with E-state index in [1.165, 1.54) is 0 Å². The van der Waals surface area contributed by atoms with Gasteiger partial charge in [-0.1, -0.05) is 43.7 Å². The summed E-state index contributed by atoms with van der Waals surface area (Å²) in [5, 5.41) is 0.535. The summed E-state index contributed by atoms with van der Waals surface area (Å²) in [7, 11) is 0. The molecule has 3 aromatic carbocycles. The van der Waals surface area contributed by atoms with Gasteiger partial charge in [-0.3, -0.25) is 14.2 Å².